The molecule has 0 saturated heterocycles. The molecule has 0 radical (unpaired) electrons. The van der Waals surface area contributed by atoms with Gasteiger partial charge in [-0.05, 0) is 40.0 Å². The first kappa shape index (κ1) is 18.0. The number of aromatic nitrogens is 2. The molecular weight excluding hydrogens is 304 g/mol. The Morgan fingerprint density at radius 1 is 1.33 bits per heavy atom. The summed E-state index contributed by atoms with van der Waals surface area (Å²) < 4.78 is 7.41. The van der Waals surface area contributed by atoms with Gasteiger partial charge in [0.15, 0.2) is 0 Å². The lowest BCUT2D eigenvalue weighted by atomic mass is 10.2. The van der Waals surface area contributed by atoms with Crippen LogP contribution in [0, 0.1) is 13.8 Å². The Bertz CT molecular complexity index is 709. The number of aryl methyl sites for hydroxylation is 2. The van der Waals surface area contributed by atoms with E-state index in [-0.39, 0.29) is 5.91 Å². The Hall–Kier alpha value is -2.34. The van der Waals surface area contributed by atoms with Crippen molar-refractivity contribution in [3.05, 3.63) is 41.2 Å². The summed E-state index contributed by atoms with van der Waals surface area (Å²) in [5, 5.41) is 7.34. The summed E-state index contributed by atoms with van der Waals surface area (Å²) in [4.78, 5) is 14.3. The summed E-state index contributed by atoms with van der Waals surface area (Å²) >= 11 is 0. The van der Waals surface area contributed by atoms with Gasteiger partial charge in [-0.2, -0.15) is 5.10 Å². The molecule has 0 aliphatic heterocycles. The number of nitrogens with zero attached hydrogens (tertiary/aromatic N) is 3. The van der Waals surface area contributed by atoms with Gasteiger partial charge >= 0.3 is 0 Å². The summed E-state index contributed by atoms with van der Waals surface area (Å²) in [6.45, 7) is 7.51. The molecule has 0 unspecified atom stereocenters. The molecule has 0 aliphatic carbocycles. The van der Waals surface area contributed by atoms with Crippen molar-refractivity contribution < 1.29 is 9.53 Å². The van der Waals surface area contributed by atoms with Gasteiger partial charge in [-0.1, -0.05) is 12.1 Å². The van der Waals surface area contributed by atoms with E-state index >= 15 is 0 Å². The first-order valence-corrected chi connectivity index (χ1v) is 8.11. The van der Waals surface area contributed by atoms with E-state index in [0.29, 0.717) is 31.1 Å². The number of ether oxygens (including phenoxy) is 1. The van der Waals surface area contributed by atoms with Crippen LogP contribution in [-0.2, 0) is 18.4 Å². The molecule has 0 atom stereocenters. The van der Waals surface area contributed by atoms with Gasteiger partial charge in [-0.3, -0.25) is 14.4 Å². The Morgan fingerprint density at radius 2 is 2.04 bits per heavy atom. The fourth-order valence-electron chi connectivity index (χ4n) is 2.66. The average molecular weight is 330 g/mol. The van der Waals surface area contributed by atoms with Crippen molar-refractivity contribution >= 4 is 11.6 Å². The highest BCUT2D eigenvalue weighted by atomic mass is 16.5. The smallest absolute Gasteiger partial charge is 0.238 e. The lowest BCUT2D eigenvalue weighted by molar-refractivity contribution is -0.117. The number of rotatable bonds is 7. The summed E-state index contributed by atoms with van der Waals surface area (Å²) in [5.41, 5.74) is 4.00. The molecule has 2 rings (SSSR count). The topological polar surface area (TPSA) is 59.4 Å². The van der Waals surface area contributed by atoms with Crippen LogP contribution < -0.4 is 10.1 Å². The van der Waals surface area contributed by atoms with Crippen LogP contribution >= 0.6 is 0 Å². The first-order chi connectivity index (χ1) is 11.4. The van der Waals surface area contributed by atoms with E-state index < -0.39 is 0 Å². The average Bonchev–Trinajstić information content (AvgIpc) is 2.76. The van der Waals surface area contributed by atoms with Crippen LogP contribution in [0.4, 0.5) is 5.69 Å². The third-order valence-electron chi connectivity index (χ3n) is 3.96. The van der Waals surface area contributed by atoms with Crippen molar-refractivity contribution in [1.29, 1.82) is 0 Å². The molecule has 0 bridgehead atoms. The van der Waals surface area contributed by atoms with Crippen LogP contribution in [0.5, 0.6) is 5.75 Å². The van der Waals surface area contributed by atoms with E-state index in [1.54, 1.807) is 0 Å². The summed E-state index contributed by atoms with van der Waals surface area (Å²) in [5.74, 6) is 0.624. The van der Waals surface area contributed by atoms with Crippen LogP contribution in [-0.4, -0.2) is 40.8 Å². The minimum atomic E-state index is -0.0659. The maximum absolute atomic E-state index is 12.3. The number of anilines is 1. The lowest BCUT2D eigenvalue weighted by Crippen LogP contribution is -2.30. The molecule has 0 saturated carbocycles. The second-order valence-electron chi connectivity index (χ2n) is 5.92. The Labute approximate surface area is 143 Å². The van der Waals surface area contributed by atoms with Crippen molar-refractivity contribution in [2.75, 3.05) is 25.5 Å². The highest BCUT2D eigenvalue weighted by Gasteiger charge is 2.14. The van der Waals surface area contributed by atoms with Crippen molar-refractivity contribution in [2.24, 2.45) is 7.05 Å². The fraction of sp³-hybridized carbons (Fsp3) is 0.444. The molecule has 1 heterocycles. The zero-order chi connectivity index (χ0) is 17.7. The monoisotopic (exact) mass is 330 g/mol. The molecule has 0 fully saturated rings. The standard InChI is InChI=1S/C18H26N4O2/c1-6-24-17-10-8-7-9-16(17)19-18(23)12-21(4)11-15-13(2)20-22(5)14(15)3/h7-10H,6,11-12H2,1-5H3,(H,19,23). The number of para-hydroxylation sites is 2. The molecule has 6 nitrogen and oxygen atoms in total. The van der Waals surface area contributed by atoms with Crippen LogP contribution in [0.3, 0.4) is 0 Å². The highest BCUT2D eigenvalue weighted by Crippen LogP contribution is 2.23. The predicted molar refractivity (Wildman–Crippen MR) is 95.3 cm³/mol. The molecule has 1 N–H and O–H groups in total. The maximum Gasteiger partial charge on any atom is 0.238 e. The SMILES string of the molecule is CCOc1ccccc1NC(=O)CN(C)Cc1c(C)nn(C)c1C. The largest absolute Gasteiger partial charge is 0.492 e. The molecule has 1 aromatic heterocycles. The molecule has 24 heavy (non-hydrogen) atoms. The third-order valence-corrected chi connectivity index (χ3v) is 3.96. The molecular formula is C18H26N4O2. The van der Waals surface area contributed by atoms with E-state index in [9.17, 15) is 4.79 Å². The number of benzene rings is 1. The van der Waals surface area contributed by atoms with Gasteiger partial charge in [0.05, 0.1) is 24.5 Å². The maximum atomic E-state index is 12.3. The van der Waals surface area contributed by atoms with Gasteiger partial charge in [0.1, 0.15) is 5.75 Å². The van der Waals surface area contributed by atoms with Gasteiger partial charge < -0.3 is 10.1 Å². The Morgan fingerprint density at radius 3 is 2.67 bits per heavy atom. The second kappa shape index (κ2) is 7.97. The zero-order valence-electron chi connectivity index (χ0n) is 15.1. The van der Waals surface area contributed by atoms with Gasteiger partial charge in [0.2, 0.25) is 5.91 Å². The molecule has 6 heteroatoms. The number of nitrogens with one attached hydrogen (secondary N) is 1. The van der Waals surface area contributed by atoms with Crippen LogP contribution in [0.1, 0.15) is 23.9 Å². The quantitative estimate of drug-likeness (QED) is 0.847. The van der Waals surface area contributed by atoms with Crippen LogP contribution in [0.15, 0.2) is 24.3 Å². The number of hydrogen-bond acceptors (Lipinski definition) is 4. The molecule has 0 aliphatic rings. The minimum Gasteiger partial charge on any atom is -0.492 e. The summed E-state index contributed by atoms with van der Waals surface area (Å²) in [6.07, 6.45) is 0. The van der Waals surface area contributed by atoms with Crippen molar-refractivity contribution in [3.8, 4) is 5.75 Å². The molecule has 130 valence electrons. The van der Waals surface area contributed by atoms with Gasteiger partial charge in [0.25, 0.3) is 0 Å². The first-order valence-electron chi connectivity index (χ1n) is 8.11. The molecule has 1 amide bonds. The van der Waals surface area contributed by atoms with Gasteiger partial charge in [-0.25, -0.2) is 0 Å². The second-order valence-corrected chi connectivity index (χ2v) is 5.92. The molecule has 0 spiro atoms. The predicted octanol–water partition coefficient (Wildman–Crippen LogP) is 2.51. The zero-order valence-corrected chi connectivity index (χ0v) is 15.1. The number of amides is 1. The number of likely N-dealkylation sites (N-methyl/N-ethyl adjacent to an activating group) is 1. The van der Waals surface area contributed by atoms with E-state index in [1.807, 2.05) is 68.7 Å². The van der Waals surface area contributed by atoms with E-state index in [0.717, 1.165) is 11.4 Å². The summed E-state index contributed by atoms with van der Waals surface area (Å²) in [6, 6.07) is 7.47. The minimum absolute atomic E-state index is 0.0659. The van der Waals surface area contributed by atoms with Crippen LogP contribution in [0.2, 0.25) is 0 Å². The number of carbonyl (C=O) groups is 1. The van der Waals surface area contributed by atoms with E-state index in [1.165, 1.54) is 5.56 Å². The van der Waals surface area contributed by atoms with Gasteiger partial charge in [0, 0.05) is 24.8 Å². The number of hydrogen-bond donors (Lipinski definition) is 1. The number of carbonyl (C=O) groups excluding carboxylic acids is 1. The van der Waals surface area contributed by atoms with Crippen molar-refractivity contribution in [1.82, 2.24) is 14.7 Å². The van der Waals surface area contributed by atoms with E-state index in [4.69, 9.17) is 4.74 Å². The van der Waals surface area contributed by atoms with Crippen molar-refractivity contribution in [2.45, 2.75) is 27.3 Å². The van der Waals surface area contributed by atoms with Crippen molar-refractivity contribution in [3.63, 3.8) is 0 Å². The molecule has 2 aromatic rings. The van der Waals surface area contributed by atoms with Crippen LogP contribution in [0.25, 0.3) is 0 Å². The van der Waals surface area contributed by atoms with Gasteiger partial charge in [-0.15, -0.1) is 0 Å². The summed E-state index contributed by atoms with van der Waals surface area (Å²) in [7, 11) is 3.86. The Kier molecular flexibility index (Phi) is 5.98. The Balaban J connectivity index is 1.97. The highest BCUT2D eigenvalue weighted by molar-refractivity contribution is 5.93. The third kappa shape index (κ3) is 4.35. The normalized spacial score (nSPS) is 10.9. The molecule has 1 aromatic carbocycles. The fourth-order valence-corrected chi connectivity index (χ4v) is 2.66. The lowest BCUT2D eigenvalue weighted by Gasteiger charge is -2.17. The van der Waals surface area contributed by atoms with E-state index in [2.05, 4.69) is 10.4 Å².